The number of benzene rings is 1. The van der Waals surface area contributed by atoms with Crippen LogP contribution >= 0.6 is 0 Å². The lowest BCUT2D eigenvalue weighted by Gasteiger charge is -2.07. The standard InChI is InChI=1S/C15H19N3O2/c1-3-7-16-14(19)11-5-6-12-13(9-11)17-10-18(8-4-2)15(12)20/h5-6,9-10H,3-4,7-8H2,1-2H3,(H,16,19). The molecule has 0 atom stereocenters. The number of hydrogen-bond acceptors (Lipinski definition) is 3. The largest absolute Gasteiger partial charge is 0.352 e. The minimum Gasteiger partial charge on any atom is -0.352 e. The van der Waals surface area contributed by atoms with E-state index in [1.165, 1.54) is 0 Å². The maximum Gasteiger partial charge on any atom is 0.261 e. The molecule has 5 nitrogen and oxygen atoms in total. The van der Waals surface area contributed by atoms with Crippen LogP contribution in [0.15, 0.2) is 29.3 Å². The molecular formula is C15H19N3O2. The Hall–Kier alpha value is -2.17. The first-order chi connectivity index (χ1) is 9.67. The molecule has 0 saturated carbocycles. The van der Waals surface area contributed by atoms with E-state index >= 15 is 0 Å². The van der Waals surface area contributed by atoms with Gasteiger partial charge < -0.3 is 5.32 Å². The van der Waals surface area contributed by atoms with Crippen LogP contribution in [0.1, 0.15) is 37.0 Å². The van der Waals surface area contributed by atoms with Crippen LogP contribution < -0.4 is 10.9 Å². The maximum absolute atomic E-state index is 12.2. The molecule has 0 aliphatic rings. The zero-order chi connectivity index (χ0) is 14.5. The first kappa shape index (κ1) is 14.2. The number of nitrogens with zero attached hydrogens (tertiary/aromatic N) is 2. The molecule has 2 aromatic rings. The van der Waals surface area contributed by atoms with E-state index in [1.807, 2.05) is 13.8 Å². The molecular weight excluding hydrogens is 254 g/mol. The molecule has 0 bridgehead atoms. The highest BCUT2D eigenvalue weighted by Crippen LogP contribution is 2.10. The van der Waals surface area contributed by atoms with Gasteiger partial charge in [0.1, 0.15) is 0 Å². The number of fused-ring (bicyclic) bond motifs is 1. The van der Waals surface area contributed by atoms with Crippen molar-refractivity contribution >= 4 is 16.8 Å². The number of hydrogen-bond donors (Lipinski definition) is 1. The number of rotatable bonds is 5. The van der Waals surface area contributed by atoms with Crippen LogP contribution in [-0.2, 0) is 6.54 Å². The van der Waals surface area contributed by atoms with E-state index < -0.39 is 0 Å². The first-order valence-electron chi connectivity index (χ1n) is 6.94. The zero-order valence-electron chi connectivity index (χ0n) is 11.8. The van der Waals surface area contributed by atoms with Gasteiger partial charge in [0.15, 0.2) is 0 Å². The van der Waals surface area contributed by atoms with Gasteiger partial charge in [-0.15, -0.1) is 0 Å². The molecule has 1 aromatic carbocycles. The second-order valence-corrected chi connectivity index (χ2v) is 4.73. The van der Waals surface area contributed by atoms with E-state index in [1.54, 1.807) is 29.1 Å². The molecule has 0 radical (unpaired) electrons. The Bertz CT molecular complexity index is 676. The first-order valence-corrected chi connectivity index (χ1v) is 6.94. The second kappa shape index (κ2) is 6.32. The topological polar surface area (TPSA) is 64.0 Å². The van der Waals surface area contributed by atoms with Crippen LogP contribution in [0.5, 0.6) is 0 Å². The molecule has 0 unspecified atom stereocenters. The Morgan fingerprint density at radius 2 is 2.10 bits per heavy atom. The van der Waals surface area contributed by atoms with Crippen molar-refractivity contribution in [2.24, 2.45) is 0 Å². The van der Waals surface area contributed by atoms with Crippen LogP contribution in [0.4, 0.5) is 0 Å². The Morgan fingerprint density at radius 1 is 1.30 bits per heavy atom. The molecule has 20 heavy (non-hydrogen) atoms. The Kier molecular flexibility index (Phi) is 4.50. The summed E-state index contributed by atoms with van der Waals surface area (Å²) < 4.78 is 1.60. The van der Waals surface area contributed by atoms with Gasteiger partial charge in [0, 0.05) is 18.7 Å². The molecule has 1 N–H and O–H groups in total. The minimum absolute atomic E-state index is 0.0580. The maximum atomic E-state index is 12.2. The molecule has 1 aromatic heterocycles. The monoisotopic (exact) mass is 273 g/mol. The number of nitrogens with one attached hydrogen (secondary N) is 1. The Morgan fingerprint density at radius 3 is 2.80 bits per heavy atom. The highest BCUT2D eigenvalue weighted by atomic mass is 16.1. The van der Waals surface area contributed by atoms with Crippen molar-refractivity contribution in [1.82, 2.24) is 14.9 Å². The molecule has 1 heterocycles. The fourth-order valence-corrected chi connectivity index (χ4v) is 2.04. The molecule has 0 saturated heterocycles. The number of aromatic nitrogens is 2. The summed E-state index contributed by atoms with van der Waals surface area (Å²) in [6.45, 7) is 5.30. The quantitative estimate of drug-likeness (QED) is 0.905. The molecule has 1 amide bonds. The smallest absolute Gasteiger partial charge is 0.261 e. The van der Waals surface area contributed by atoms with E-state index in [4.69, 9.17) is 0 Å². The van der Waals surface area contributed by atoms with Crippen molar-refractivity contribution < 1.29 is 4.79 Å². The van der Waals surface area contributed by atoms with E-state index in [2.05, 4.69) is 10.3 Å². The van der Waals surface area contributed by atoms with Gasteiger partial charge in [0.05, 0.1) is 17.2 Å². The van der Waals surface area contributed by atoms with Gasteiger partial charge in [0.25, 0.3) is 11.5 Å². The molecule has 0 fully saturated rings. The van der Waals surface area contributed by atoms with Gasteiger partial charge in [-0.2, -0.15) is 0 Å². The summed E-state index contributed by atoms with van der Waals surface area (Å²) in [7, 11) is 0. The molecule has 0 aliphatic heterocycles. The lowest BCUT2D eigenvalue weighted by Crippen LogP contribution is -2.24. The number of amides is 1. The highest BCUT2D eigenvalue weighted by Gasteiger charge is 2.09. The Balaban J connectivity index is 2.38. The Labute approximate surface area is 117 Å². The lowest BCUT2D eigenvalue weighted by molar-refractivity contribution is 0.0954. The summed E-state index contributed by atoms with van der Waals surface area (Å²) in [6.07, 6.45) is 3.31. The lowest BCUT2D eigenvalue weighted by atomic mass is 10.1. The van der Waals surface area contributed by atoms with Gasteiger partial charge in [-0.3, -0.25) is 14.2 Å². The van der Waals surface area contributed by atoms with Crippen LogP contribution in [0.3, 0.4) is 0 Å². The van der Waals surface area contributed by atoms with E-state index in [0.717, 1.165) is 12.8 Å². The third-order valence-electron chi connectivity index (χ3n) is 3.09. The minimum atomic E-state index is -0.131. The predicted octanol–water partition coefficient (Wildman–Crippen LogP) is 1.95. The summed E-state index contributed by atoms with van der Waals surface area (Å²) in [5.41, 5.74) is 1.04. The van der Waals surface area contributed by atoms with Gasteiger partial charge in [-0.05, 0) is 31.0 Å². The molecule has 2 rings (SSSR count). The van der Waals surface area contributed by atoms with E-state index in [-0.39, 0.29) is 11.5 Å². The van der Waals surface area contributed by atoms with E-state index in [0.29, 0.717) is 29.6 Å². The zero-order valence-corrected chi connectivity index (χ0v) is 11.8. The normalized spacial score (nSPS) is 10.7. The van der Waals surface area contributed by atoms with E-state index in [9.17, 15) is 9.59 Å². The summed E-state index contributed by atoms with van der Waals surface area (Å²) in [4.78, 5) is 28.3. The summed E-state index contributed by atoms with van der Waals surface area (Å²) >= 11 is 0. The summed E-state index contributed by atoms with van der Waals surface area (Å²) in [6, 6.07) is 5.02. The van der Waals surface area contributed by atoms with Gasteiger partial charge >= 0.3 is 0 Å². The van der Waals surface area contributed by atoms with Crippen molar-refractivity contribution in [2.75, 3.05) is 6.54 Å². The van der Waals surface area contributed by atoms with Crippen LogP contribution in [-0.4, -0.2) is 22.0 Å². The van der Waals surface area contributed by atoms with Crippen molar-refractivity contribution in [2.45, 2.75) is 33.2 Å². The van der Waals surface area contributed by atoms with Crippen LogP contribution in [0, 0.1) is 0 Å². The molecule has 106 valence electrons. The molecule has 5 heteroatoms. The van der Waals surface area contributed by atoms with Gasteiger partial charge in [-0.25, -0.2) is 4.98 Å². The van der Waals surface area contributed by atoms with Crippen LogP contribution in [0.25, 0.3) is 10.9 Å². The third-order valence-corrected chi connectivity index (χ3v) is 3.09. The van der Waals surface area contributed by atoms with Crippen molar-refractivity contribution in [3.05, 3.63) is 40.4 Å². The van der Waals surface area contributed by atoms with Crippen molar-refractivity contribution in [1.29, 1.82) is 0 Å². The van der Waals surface area contributed by atoms with Gasteiger partial charge in [-0.1, -0.05) is 13.8 Å². The fraction of sp³-hybridized carbons (Fsp3) is 0.400. The summed E-state index contributed by atoms with van der Waals surface area (Å²) in [5, 5.41) is 3.36. The average molecular weight is 273 g/mol. The second-order valence-electron chi connectivity index (χ2n) is 4.73. The number of carbonyl (C=O) groups is 1. The van der Waals surface area contributed by atoms with Crippen molar-refractivity contribution in [3.63, 3.8) is 0 Å². The SMILES string of the molecule is CCCNC(=O)c1ccc2c(=O)n(CCC)cnc2c1. The van der Waals surface area contributed by atoms with Crippen LogP contribution in [0.2, 0.25) is 0 Å². The average Bonchev–Trinajstić information content (AvgIpc) is 2.47. The fourth-order valence-electron chi connectivity index (χ4n) is 2.04. The number of carbonyl (C=O) groups excluding carboxylic acids is 1. The molecule has 0 aliphatic carbocycles. The van der Waals surface area contributed by atoms with Gasteiger partial charge in [0.2, 0.25) is 0 Å². The predicted molar refractivity (Wildman–Crippen MR) is 78.9 cm³/mol. The third kappa shape index (κ3) is 2.87. The number of aryl methyl sites for hydroxylation is 1. The van der Waals surface area contributed by atoms with Crippen molar-refractivity contribution in [3.8, 4) is 0 Å². The summed E-state index contributed by atoms with van der Waals surface area (Å²) in [5.74, 6) is -0.131. The highest BCUT2D eigenvalue weighted by molar-refractivity contribution is 5.97. The molecule has 0 spiro atoms.